The maximum Gasteiger partial charge on any atom is 0.262 e. The molecule has 4 amide bonds. The largest absolute Gasteiger partial charge is 0.457 e. The highest BCUT2D eigenvalue weighted by atomic mass is 16.5. The molecule has 7 heterocycles. The maximum absolute atomic E-state index is 13.4. The fraction of sp³-hybridized carbons (Fsp3) is 0.432. The van der Waals surface area contributed by atoms with Crippen molar-refractivity contribution in [1.29, 1.82) is 0 Å². The molecule has 4 fully saturated rings. The van der Waals surface area contributed by atoms with Gasteiger partial charge in [-0.25, -0.2) is 10.0 Å². The number of ether oxygens (including phenoxy) is 1. The van der Waals surface area contributed by atoms with Crippen molar-refractivity contribution in [2.45, 2.75) is 75.3 Å². The molecule has 0 aromatic heterocycles. The van der Waals surface area contributed by atoms with Crippen molar-refractivity contribution in [3.05, 3.63) is 89.5 Å². The van der Waals surface area contributed by atoms with Gasteiger partial charge in [0.25, 0.3) is 11.8 Å². The summed E-state index contributed by atoms with van der Waals surface area (Å²) in [7, 11) is 0. The molecule has 7 aliphatic heterocycles. The van der Waals surface area contributed by atoms with E-state index in [9.17, 15) is 19.2 Å². The van der Waals surface area contributed by atoms with E-state index in [1.54, 1.807) is 18.5 Å². The average molecular weight is 797 g/mol. The first-order valence-corrected chi connectivity index (χ1v) is 20.8. The van der Waals surface area contributed by atoms with E-state index in [2.05, 4.69) is 30.0 Å². The third-order valence-corrected chi connectivity index (χ3v) is 13.2. The smallest absolute Gasteiger partial charge is 0.262 e. The zero-order valence-electron chi connectivity index (χ0n) is 33.1. The minimum absolute atomic E-state index is 0.0992. The number of nitrogens with zero attached hydrogens (tertiary/aromatic N) is 8. The van der Waals surface area contributed by atoms with Gasteiger partial charge in [0.05, 0.1) is 22.9 Å². The fourth-order valence-electron chi connectivity index (χ4n) is 9.91. The molecule has 59 heavy (non-hydrogen) atoms. The Morgan fingerprint density at radius 2 is 1.46 bits per heavy atom. The van der Waals surface area contributed by atoms with Crippen LogP contribution in [0.5, 0.6) is 11.5 Å². The van der Waals surface area contributed by atoms with Crippen molar-refractivity contribution in [3.63, 3.8) is 0 Å². The van der Waals surface area contributed by atoms with Crippen LogP contribution < -0.4 is 20.7 Å². The van der Waals surface area contributed by atoms with Gasteiger partial charge < -0.3 is 15.4 Å². The lowest BCUT2D eigenvalue weighted by atomic mass is 9.85. The van der Waals surface area contributed by atoms with Gasteiger partial charge in [0.1, 0.15) is 41.3 Å². The van der Waals surface area contributed by atoms with Gasteiger partial charge in [0.2, 0.25) is 11.8 Å². The second-order valence-electron chi connectivity index (χ2n) is 16.9. The van der Waals surface area contributed by atoms with E-state index in [0.717, 1.165) is 104 Å². The fourth-order valence-corrected chi connectivity index (χ4v) is 9.91. The number of fused-ring (bicyclic) bond motifs is 2. The molecule has 7 aliphatic rings. The highest BCUT2D eigenvalue weighted by molar-refractivity contribution is 6.24. The molecule has 0 radical (unpaired) electrons. The van der Waals surface area contributed by atoms with Crippen LogP contribution in [-0.2, 0) is 9.59 Å². The number of nitrogens with two attached hydrogens (primary N) is 1. The predicted octanol–water partition coefficient (Wildman–Crippen LogP) is 3.45. The molecule has 0 spiro atoms. The molecular weight excluding hydrogens is 749 g/mol. The topological polar surface area (TPSA) is 169 Å². The van der Waals surface area contributed by atoms with Crippen molar-refractivity contribution < 1.29 is 23.9 Å². The van der Waals surface area contributed by atoms with Crippen LogP contribution in [-0.4, -0.2) is 130 Å². The van der Waals surface area contributed by atoms with E-state index >= 15 is 0 Å². The number of hydrazone groups is 1. The molecule has 10 rings (SSSR count). The van der Waals surface area contributed by atoms with Crippen molar-refractivity contribution >= 4 is 47.2 Å². The first-order chi connectivity index (χ1) is 28.6. The molecule has 3 atom stereocenters. The SMILES string of the molecule is CC1(N)N=CN=C2C1C(c1ccc(Oc3ccccc3)cc1)=NN2C1CCN(C2CN(C3CCN(c4ccc5c(c4)C(=O)N(C4CCC(=O)NC4=O)C5=O)CC3)C2)CC1. The lowest BCUT2D eigenvalue weighted by Gasteiger charge is -2.52. The normalized spacial score (nSPS) is 27.1. The number of rotatable bonds is 8. The standard InChI is InChI=1S/C44H48N10O5/c1-44(45)38-39(27-7-10-33(11-8-27)59-32-5-3-2-4-6-32)49-54(40(38)46-26-47-44)29-17-21-51(22-18-29)31-24-52(25-31)28-15-19-50(20-16-28)30-9-12-34-35(23-30)43(58)53(42(34)57)36-13-14-37(55)48-41(36)56/h2-12,23,26,28-29,31,36,38H,13-22,24-25,45H2,1H3,(H,48,55,56). The number of piperidine rings is 3. The highest BCUT2D eigenvalue weighted by Gasteiger charge is 2.49. The van der Waals surface area contributed by atoms with E-state index in [1.165, 1.54) is 0 Å². The number of hydrogen-bond acceptors (Lipinski definition) is 13. The number of hydrogen-bond donors (Lipinski definition) is 2. The summed E-state index contributed by atoms with van der Waals surface area (Å²) in [6.07, 6.45) is 5.84. The third-order valence-electron chi connectivity index (χ3n) is 13.2. The molecule has 15 heteroatoms. The number of carbonyl (C=O) groups is 4. The molecule has 3 N–H and O–H groups in total. The van der Waals surface area contributed by atoms with Crippen molar-refractivity contribution in [2.24, 2.45) is 26.7 Å². The van der Waals surface area contributed by atoms with Gasteiger partial charge in [-0.1, -0.05) is 18.2 Å². The van der Waals surface area contributed by atoms with Gasteiger partial charge in [-0.15, -0.1) is 0 Å². The zero-order chi connectivity index (χ0) is 40.4. The number of para-hydroxylation sites is 1. The number of nitrogens with one attached hydrogen (secondary N) is 1. The lowest BCUT2D eigenvalue weighted by molar-refractivity contribution is -0.136. The summed E-state index contributed by atoms with van der Waals surface area (Å²) in [5.41, 5.74) is 9.35. The van der Waals surface area contributed by atoms with Gasteiger partial charge >= 0.3 is 0 Å². The Morgan fingerprint density at radius 1 is 0.763 bits per heavy atom. The number of imide groups is 2. The molecule has 15 nitrogen and oxygen atoms in total. The second kappa shape index (κ2) is 14.8. The van der Waals surface area contributed by atoms with Crippen molar-refractivity contribution in [3.8, 4) is 11.5 Å². The molecule has 0 saturated carbocycles. The van der Waals surface area contributed by atoms with Gasteiger partial charge in [0.15, 0.2) is 0 Å². The first kappa shape index (κ1) is 37.5. The number of anilines is 1. The quantitative estimate of drug-likeness (QED) is 0.322. The highest BCUT2D eigenvalue weighted by Crippen LogP contribution is 2.37. The molecule has 0 aliphatic carbocycles. The van der Waals surface area contributed by atoms with Crippen LogP contribution >= 0.6 is 0 Å². The predicted molar refractivity (Wildman–Crippen MR) is 222 cm³/mol. The van der Waals surface area contributed by atoms with Gasteiger partial charge in [-0.3, -0.25) is 44.2 Å². The summed E-state index contributed by atoms with van der Waals surface area (Å²) in [5, 5.41) is 9.61. The first-order valence-electron chi connectivity index (χ1n) is 20.8. The van der Waals surface area contributed by atoms with E-state index in [0.29, 0.717) is 23.2 Å². The van der Waals surface area contributed by atoms with Crippen LogP contribution in [0.15, 0.2) is 87.9 Å². The monoisotopic (exact) mass is 796 g/mol. The molecular formula is C44H48N10O5. The van der Waals surface area contributed by atoms with E-state index in [4.69, 9.17) is 20.6 Å². The average Bonchev–Trinajstić information content (AvgIpc) is 3.74. The van der Waals surface area contributed by atoms with Gasteiger partial charge in [0, 0.05) is 63.5 Å². The summed E-state index contributed by atoms with van der Waals surface area (Å²) in [5.74, 6) is 0.236. The summed E-state index contributed by atoms with van der Waals surface area (Å²) >= 11 is 0. The number of carbonyl (C=O) groups excluding carboxylic acids is 4. The minimum Gasteiger partial charge on any atom is -0.457 e. The number of amides is 4. The zero-order valence-corrected chi connectivity index (χ0v) is 33.1. The van der Waals surface area contributed by atoms with Crippen LogP contribution in [0.1, 0.15) is 71.7 Å². The Morgan fingerprint density at radius 3 is 2.19 bits per heavy atom. The Bertz CT molecular complexity index is 2270. The number of amidine groups is 1. The lowest BCUT2D eigenvalue weighted by Crippen LogP contribution is -2.65. The Balaban J connectivity index is 0.724. The Labute approximate surface area is 342 Å². The van der Waals surface area contributed by atoms with Crippen LogP contribution in [0.4, 0.5) is 5.69 Å². The van der Waals surface area contributed by atoms with Crippen molar-refractivity contribution in [2.75, 3.05) is 44.2 Å². The van der Waals surface area contributed by atoms with E-state index < -0.39 is 29.4 Å². The molecule has 0 bridgehead atoms. The third kappa shape index (κ3) is 6.80. The minimum atomic E-state index is -0.965. The molecule has 3 unspecified atom stereocenters. The number of aliphatic imine (C=N–C) groups is 2. The summed E-state index contributed by atoms with van der Waals surface area (Å²) in [6, 6.07) is 23.5. The molecule has 304 valence electrons. The number of benzene rings is 3. The molecule has 3 aromatic carbocycles. The summed E-state index contributed by atoms with van der Waals surface area (Å²) < 4.78 is 6.04. The van der Waals surface area contributed by atoms with Crippen LogP contribution in [0, 0.1) is 5.92 Å². The van der Waals surface area contributed by atoms with Crippen LogP contribution in [0.2, 0.25) is 0 Å². The Hall–Kier alpha value is -5.77. The summed E-state index contributed by atoms with van der Waals surface area (Å²) in [4.78, 5) is 68.6. The molecule has 3 aromatic rings. The van der Waals surface area contributed by atoms with E-state index in [-0.39, 0.29) is 30.7 Å². The van der Waals surface area contributed by atoms with E-state index in [1.807, 2.05) is 67.6 Å². The van der Waals surface area contributed by atoms with Crippen LogP contribution in [0.3, 0.4) is 0 Å². The van der Waals surface area contributed by atoms with Crippen molar-refractivity contribution in [1.82, 2.24) is 25.0 Å². The maximum atomic E-state index is 13.4. The van der Waals surface area contributed by atoms with Crippen LogP contribution in [0.25, 0.3) is 0 Å². The number of likely N-dealkylation sites (tertiary alicyclic amines) is 2. The Kier molecular flexibility index (Phi) is 9.41. The molecule has 4 saturated heterocycles. The second-order valence-corrected chi connectivity index (χ2v) is 16.9. The summed E-state index contributed by atoms with van der Waals surface area (Å²) in [6.45, 7) is 7.79. The van der Waals surface area contributed by atoms with Gasteiger partial charge in [-0.2, -0.15) is 5.10 Å². The van der Waals surface area contributed by atoms with Gasteiger partial charge in [-0.05, 0) is 99.2 Å².